The van der Waals surface area contributed by atoms with Gasteiger partial charge in [-0.2, -0.15) is 0 Å². The highest BCUT2D eigenvalue weighted by molar-refractivity contribution is 5.67. The average Bonchev–Trinajstić information content (AvgIpc) is 2.47. The fourth-order valence-electron chi connectivity index (χ4n) is 3.27. The summed E-state index contributed by atoms with van der Waals surface area (Å²) in [5, 5.41) is 3.44. The van der Waals surface area contributed by atoms with Gasteiger partial charge >= 0.3 is 11.9 Å². The summed E-state index contributed by atoms with van der Waals surface area (Å²) >= 11 is 0. The molecule has 2 aliphatic rings. The number of anilines is 1. The molecule has 0 aromatic heterocycles. The van der Waals surface area contributed by atoms with Gasteiger partial charge < -0.3 is 19.5 Å². The molecule has 0 radical (unpaired) electrons. The van der Waals surface area contributed by atoms with Gasteiger partial charge in [0.2, 0.25) is 0 Å². The van der Waals surface area contributed by atoms with Gasteiger partial charge in [-0.25, -0.2) is 0 Å². The number of carbonyl (C=O) groups excluding carboxylic acids is 2. The minimum Gasteiger partial charge on any atom is -0.463 e. The second-order valence-electron chi connectivity index (χ2n) is 6.12. The third-order valence-electron chi connectivity index (χ3n) is 4.22. The van der Waals surface area contributed by atoms with Crippen LogP contribution in [0.2, 0.25) is 0 Å². The zero-order valence-corrected chi connectivity index (χ0v) is 13.5. The number of hydrogen-bond donors (Lipinski definition) is 1. The highest BCUT2D eigenvalue weighted by atomic mass is 16.6. The van der Waals surface area contributed by atoms with E-state index in [2.05, 4.69) is 11.4 Å². The fourth-order valence-corrected chi connectivity index (χ4v) is 3.27. The van der Waals surface area contributed by atoms with E-state index >= 15 is 0 Å². The van der Waals surface area contributed by atoms with Crippen LogP contribution in [0, 0.1) is 6.92 Å². The summed E-state index contributed by atoms with van der Waals surface area (Å²) in [4.78, 5) is 22.5. The standard InChI is InChI=1S/C17H21NO5/c1-9-4-5-12-13(6-9)18-14-7-15(12)23-16(8-21-10(2)19)17(14)22-11(3)20/h4-6,14-18H,7-8H2,1-3H3/t14-,15-,16-,17+/m1/s1. The Morgan fingerprint density at radius 3 is 2.78 bits per heavy atom. The second kappa shape index (κ2) is 6.20. The van der Waals surface area contributed by atoms with Crippen molar-refractivity contribution in [2.24, 2.45) is 0 Å². The van der Waals surface area contributed by atoms with E-state index in [1.807, 2.05) is 19.1 Å². The van der Waals surface area contributed by atoms with E-state index in [0.29, 0.717) is 6.42 Å². The molecule has 4 atom stereocenters. The van der Waals surface area contributed by atoms with Crippen molar-refractivity contribution >= 4 is 17.6 Å². The predicted molar refractivity (Wildman–Crippen MR) is 83.0 cm³/mol. The lowest BCUT2D eigenvalue weighted by Gasteiger charge is -2.45. The molecule has 6 heteroatoms. The summed E-state index contributed by atoms with van der Waals surface area (Å²) in [6.07, 6.45) is -0.348. The fraction of sp³-hybridized carbons (Fsp3) is 0.529. The maximum absolute atomic E-state index is 11.4. The van der Waals surface area contributed by atoms with Crippen molar-refractivity contribution in [3.05, 3.63) is 29.3 Å². The van der Waals surface area contributed by atoms with Gasteiger partial charge in [0, 0.05) is 31.5 Å². The Kier molecular flexibility index (Phi) is 4.26. The van der Waals surface area contributed by atoms with E-state index in [-0.39, 0.29) is 30.7 Å². The van der Waals surface area contributed by atoms with Gasteiger partial charge in [-0.3, -0.25) is 9.59 Å². The Hall–Kier alpha value is -2.08. The van der Waals surface area contributed by atoms with Crippen LogP contribution >= 0.6 is 0 Å². The summed E-state index contributed by atoms with van der Waals surface area (Å²) in [6.45, 7) is 4.82. The Labute approximate surface area is 135 Å². The number of fused-ring (bicyclic) bond motifs is 4. The number of nitrogens with one attached hydrogen (secondary N) is 1. The van der Waals surface area contributed by atoms with E-state index in [1.165, 1.54) is 13.8 Å². The van der Waals surface area contributed by atoms with Crippen molar-refractivity contribution in [2.75, 3.05) is 11.9 Å². The maximum atomic E-state index is 11.4. The number of aryl methyl sites for hydroxylation is 1. The molecule has 0 aliphatic carbocycles. The van der Waals surface area contributed by atoms with Crippen molar-refractivity contribution < 1.29 is 23.8 Å². The van der Waals surface area contributed by atoms with Gasteiger partial charge in [-0.05, 0) is 18.6 Å². The third-order valence-corrected chi connectivity index (χ3v) is 4.22. The summed E-state index contributed by atoms with van der Waals surface area (Å²) < 4.78 is 16.6. The Morgan fingerprint density at radius 2 is 2.09 bits per heavy atom. The number of carbonyl (C=O) groups is 2. The minimum atomic E-state index is -0.489. The summed E-state index contributed by atoms with van der Waals surface area (Å²) in [5.74, 6) is -0.753. The van der Waals surface area contributed by atoms with E-state index < -0.39 is 12.2 Å². The van der Waals surface area contributed by atoms with Gasteiger partial charge in [-0.1, -0.05) is 12.1 Å². The van der Waals surface area contributed by atoms with E-state index in [1.54, 1.807) is 0 Å². The van der Waals surface area contributed by atoms with Crippen LogP contribution in [0.3, 0.4) is 0 Å². The summed E-state index contributed by atoms with van der Waals surface area (Å²) in [6, 6.07) is 6.10. The molecule has 1 fully saturated rings. The van der Waals surface area contributed by atoms with E-state index in [4.69, 9.17) is 14.2 Å². The van der Waals surface area contributed by atoms with Crippen molar-refractivity contribution in [2.45, 2.75) is 51.5 Å². The number of rotatable bonds is 3. The first-order chi connectivity index (χ1) is 10.9. The molecule has 2 bridgehead atoms. The van der Waals surface area contributed by atoms with Crippen LogP contribution < -0.4 is 5.32 Å². The maximum Gasteiger partial charge on any atom is 0.303 e. The first-order valence-corrected chi connectivity index (χ1v) is 7.77. The molecule has 6 nitrogen and oxygen atoms in total. The van der Waals surface area contributed by atoms with Crippen LogP contribution in [0.1, 0.15) is 37.5 Å². The molecule has 2 aliphatic heterocycles. The highest BCUT2D eigenvalue weighted by Crippen LogP contribution is 2.42. The third kappa shape index (κ3) is 3.32. The molecular formula is C17H21NO5. The molecule has 124 valence electrons. The molecule has 0 saturated carbocycles. The van der Waals surface area contributed by atoms with Crippen LogP contribution in [0.25, 0.3) is 0 Å². The quantitative estimate of drug-likeness (QED) is 0.860. The lowest BCUT2D eigenvalue weighted by Crippen LogP contribution is -2.54. The van der Waals surface area contributed by atoms with Gasteiger partial charge in [0.05, 0.1) is 12.1 Å². The summed E-state index contributed by atoms with van der Waals surface area (Å²) in [7, 11) is 0. The van der Waals surface area contributed by atoms with Gasteiger partial charge in [0.25, 0.3) is 0 Å². The number of hydrogen-bond acceptors (Lipinski definition) is 6. The molecule has 1 saturated heterocycles. The van der Waals surface area contributed by atoms with Gasteiger partial charge in [0.15, 0.2) is 6.10 Å². The Morgan fingerprint density at radius 1 is 1.30 bits per heavy atom. The van der Waals surface area contributed by atoms with E-state index in [0.717, 1.165) is 16.8 Å². The highest BCUT2D eigenvalue weighted by Gasteiger charge is 2.45. The SMILES string of the molecule is CC(=O)OC[C@H]1O[C@@H]2C[C@@H](Nc3cc(C)ccc32)[C@@H]1OC(C)=O. The molecule has 0 spiro atoms. The molecule has 1 aromatic rings. The zero-order chi connectivity index (χ0) is 16.6. The molecule has 2 heterocycles. The van der Waals surface area contributed by atoms with Crippen molar-refractivity contribution in [1.82, 2.24) is 0 Å². The lowest BCUT2D eigenvalue weighted by atomic mass is 9.86. The van der Waals surface area contributed by atoms with Crippen LogP contribution in [0.5, 0.6) is 0 Å². The van der Waals surface area contributed by atoms with Gasteiger partial charge in [0.1, 0.15) is 12.7 Å². The molecule has 1 N–H and O–H groups in total. The molecule has 3 rings (SSSR count). The minimum absolute atomic E-state index is 0.0625. The topological polar surface area (TPSA) is 73.9 Å². The first-order valence-electron chi connectivity index (χ1n) is 7.77. The smallest absolute Gasteiger partial charge is 0.303 e. The molecule has 1 aromatic carbocycles. The molecule has 23 heavy (non-hydrogen) atoms. The van der Waals surface area contributed by atoms with Crippen LogP contribution in [0.4, 0.5) is 5.69 Å². The molecule has 0 unspecified atom stereocenters. The van der Waals surface area contributed by atoms with Crippen molar-refractivity contribution in [3.8, 4) is 0 Å². The summed E-state index contributed by atoms with van der Waals surface area (Å²) in [5.41, 5.74) is 3.24. The van der Waals surface area contributed by atoms with Crippen LogP contribution in [0.15, 0.2) is 18.2 Å². The van der Waals surface area contributed by atoms with Crippen molar-refractivity contribution in [3.63, 3.8) is 0 Å². The normalized spacial score (nSPS) is 28.3. The average molecular weight is 319 g/mol. The van der Waals surface area contributed by atoms with Gasteiger partial charge in [-0.15, -0.1) is 0 Å². The number of ether oxygens (including phenoxy) is 3. The van der Waals surface area contributed by atoms with Crippen LogP contribution in [-0.2, 0) is 23.8 Å². The van der Waals surface area contributed by atoms with E-state index in [9.17, 15) is 9.59 Å². The Balaban J connectivity index is 1.87. The predicted octanol–water partition coefficient (Wildman–Crippen LogP) is 2.11. The zero-order valence-electron chi connectivity index (χ0n) is 13.5. The molecule has 0 amide bonds. The van der Waals surface area contributed by atoms with Crippen molar-refractivity contribution in [1.29, 1.82) is 0 Å². The first kappa shape index (κ1) is 15.8. The largest absolute Gasteiger partial charge is 0.463 e. The Bertz CT molecular complexity index is 629. The number of benzene rings is 1. The lowest BCUT2D eigenvalue weighted by molar-refractivity contribution is -0.185. The molecular weight excluding hydrogens is 298 g/mol. The second-order valence-corrected chi connectivity index (χ2v) is 6.12. The monoisotopic (exact) mass is 319 g/mol. The van der Waals surface area contributed by atoms with Crippen LogP contribution in [-0.4, -0.2) is 36.8 Å². The number of esters is 2.